The van der Waals surface area contributed by atoms with Gasteiger partial charge in [0.25, 0.3) is 0 Å². The molecule has 1 saturated heterocycles. The predicted octanol–water partition coefficient (Wildman–Crippen LogP) is 2.29. The molecule has 6 heteroatoms. The molecule has 1 N–H and O–H groups in total. The molecular formula is C17H19N5O. The number of hydrogen-bond acceptors (Lipinski definition) is 3. The van der Waals surface area contributed by atoms with Crippen LogP contribution < -0.4 is 0 Å². The first-order valence-corrected chi connectivity index (χ1v) is 7.98. The van der Waals surface area contributed by atoms with Crippen molar-refractivity contribution in [1.29, 1.82) is 0 Å². The number of fused-ring (bicyclic) bond motifs is 1. The molecule has 1 fully saturated rings. The fraction of sp³-hybridized carbons (Fsp3) is 0.353. The Balaban J connectivity index is 1.54. The Morgan fingerprint density at radius 2 is 2.13 bits per heavy atom. The summed E-state index contributed by atoms with van der Waals surface area (Å²) in [5.41, 5.74) is 4.10. The highest BCUT2D eigenvalue weighted by Gasteiger charge is 2.19. The van der Waals surface area contributed by atoms with E-state index in [0.29, 0.717) is 5.92 Å². The number of pyridine rings is 1. The highest BCUT2D eigenvalue weighted by Crippen LogP contribution is 2.24. The third kappa shape index (κ3) is 2.72. The highest BCUT2D eigenvalue weighted by molar-refractivity contribution is 5.79. The lowest BCUT2D eigenvalue weighted by atomic mass is 9.97. The monoisotopic (exact) mass is 309 g/mol. The molecule has 0 spiro atoms. The topological polar surface area (TPSA) is 66.8 Å². The maximum absolute atomic E-state index is 10.8. The van der Waals surface area contributed by atoms with Gasteiger partial charge < -0.3 is 9.47 Å². The van der Waals surface area contributed by atoms with Gasteiger partial charge in [0.05, 0.1) is 22.9 Å². The van der Waals surface area contributed by atoms with Crippen molar-refractivity contribution in [3.05, 3.63) is 36.8 Å². The molecule has 118 valence electrons. The van der Waals surface area contributed by atoms with E-state index < -0.39 is 0 Å². The Kier molecular flexibility index (Phi) is 3.57. The van der Waals surface area contributed by atoms with Crippen LogP contribution in [0.3, 0.4) is 0 Å². The van der Waals surface area contributed by atoms with Crippen molar-refractivity contribution in [3.8, 4) is 11.3 Å². The summed E-state index contributed by atoms with van der Waals surface area (Å²) in [6, 6.07) is 6.24. The Morgan fingerprint density at radius 3 is 2.87 bits per heavy atom. The van der Waals surface area contributed by atoms with Gasteiger partial charge in [-0.25, -0.2) is 4.98 Å². The highest BCUT2D eigenvalue weighted by atomic mass is 16.1. The Morgan fingerprint density at radius 1 is 1.26 bits per heavy atom. The van der Waals surface area contributed by atoms with E-state index in [1.54, 1.807) is 6.20 Å². The van der Waals surface area contributed by atoms with Crippen molar-refractivity contribution in [2.75, 3.05) is 13.1 Å². The van der Waals surface area contributed by atoms with Crippen LogP contribution in [0.5, 0.6) is 0 Å². The molecule has 0 saturated carbocycles. The second kappa shape index (κ2) is 5.87. The molecule has 0 radical (unpaired) electrons. The molecule has 6 nitrogen and oxygen atoms in total. The third-order valence-electron chi connectivity index (χ3n) is 4.67. The van der Waals surface area contributed by atoms with Gasteiger partial charge in [0.1, 0.15) is 0 Å². The maximum atomic E-state index is 10.8. The lowest BCUT2D eigenvalue weighted by Crippen LogP contribution is -2.33. The fourth-order valence-electron chi connectivity index (χ4n) is 3.30. The van der Waals surface area contributed by atoms with Gasteiger partial charge in [0, 0.05) is 37.6 Å². The number of nitrogens with zero attached hydrogens (tertiary/aromatic N) is 4. The smallest absolute Gasteiger partial charge is 0.209 e. The average Bonchev–Trinajstić information content (AvgIpc) is 3.25. The van der Waals surface area contributed by atoms with E-state index in [9.17, 15) is 4.79 Å². The number of carbonyl (C=O) groups excluding carboxylic acids is 1. The average molecular weight is 309 g/mol. The lowest BCUT2D eigenvalue weighted by molar-refractivity contribution is -0.119. The lowest BCUT2D eigenvalue weighted by Gasteiger charge is -2.29. The first kappa shape index (κ1) is 14.0. The van der Waals surface area contributed by atoms with E-state index in [-0.39, 0.29) is 0 Å². The summed E-state index contributed by atoms with van der Waals surface area (Å²) in [5.74, 6) is 0.621. The predicted molar refractivity (Wildman–Crippen MR) is 87.7 cm³/mol. The van der Waals surface area contributed by atoms with Crippen molar-refractivity contribution in [2.45, 2.75) is 19.4 Å². The molecule has 0 bridgehead atoms. The molecule has 3 aromatic heterocycles. The second-order valence-electron chi connectivity index (χ2n) is 6.14. The van der Waals surface area contributed by atoms with Crippen molar-refractivity contribution >= 4 is 17.4 Å². The van der Waals surface area contributed by atoms with Crippen LogP contribution in [0, 0.1) is 5.92 Å². The number of piperidine rings is 1. The van der Waals surface area contributed by atoms with Crippen molar-refractivity contribution < 1.29 is 4.79 Å². The maximum Gasteiger partial charge on any atom is 0.209 e. The van der Waals surface area contributed by atoms with Gasteiger partial charge in [-0.2, -0.15) is 5.10 Å². The minimum atomic E-state index is 0.621. The van der Waals surface area contributed by atoms with E-state index in [2.05, 4.69) is 33.1 Å². The molecule has 1 amide bonds. The SMILES string of the molecule is O=CN1CCC(Cn2ccc3nc(-c4cn[nH]c4)ccc32)CC1. The molecule has 1 aliphatic heterocycles. The van der Waals surface area contributed by atoms with Gasteiger partial charge in [0.15, 0.2) is 0 Å². The molecule has 4 heterocycles. The molecule has 0 aromatic carbocycles. The molecule has 3 aromatic rings. The van der Waals surface area contributed by atoms with Crippen LogP contribution >= 0.6 is 0 Å². The minimum Gasteiger partial charge on any atom is -0.346 e. The minimum absolute atomic E-state index is 0.621. The first-order valence-electron chi connectivity index (χ1n) is 7.98. The first-order chi connectivity index (χ1) is 11.3. The zero-order valence-electron chi connectivity index (χ0n) is 12.9. The number of likely N-dealkylation sites (tertiary alicyclic amines) is 1. The van der Waals surface area contributed by atoms with Crippen LogP contribution in [-0.2, 0) is 11.3 Å². The Hall–Kier alpha value is -2.63. The van der Waals surface area contributed by atoms with Crippen LogP contribution in [0.1, 0.15) is 12.8 Å². The zero-order valence-corrected chi connectivity index (χ0v) is 12.9. The number of hydrogen-bond donors (Lipinski definition) is 1. The number of nitrogens with one attached hydrogen (secondary N) is 1. The number of H-pyrrole nitrogens is 1. The van der Waals surface area contributed by atoms with E-state index >= 15 is 0 Å². The van der Waals surface area contributed by atoms with Gasteiger partial charge in [-0.15, -0.1) is 0 Å². The van der Waals surface area contributed by atoms with Crippen LogP contribution in [0.15, 0.2) is 36.8 Å². The van der Waals surface area contributed by atoms with Crippen molar-refractivity contribution in [1.82, 2.24) is 24.6 Å². The van der Waals surface area contributed by atoms with Crippen LogP contribution in [0.25, 0.3) is 22.3 Å². The summed E-state index contributed by atoms with van der Waals surface area (Å²) in [6.45, 7) is 2.73. The van der Waals surface area contributed by atoms with Gasteiger partial charge in [-0.3, -0.25) is 9.89 Å². The standard InChI is InChI=1S/C17H19N5O/c23-12-21-6-3-13(4-7-21)11-22-8-5-16-17(22)2-1-15(20-16)14-9-18-19-10-14/h1-2,5,8-10,12-13H,3-4,6-7,11H2,(H,18,19). The number of carbonyl (C=O) groups is 1. The molecule has 0 aliphatic carbocycles. The molecule has 4 rings (SSSR count). The molecule has 23 heavy (non-hydrogen) atoms. The van der Waals surface area contributed by atoms with E-state index in [1.807, 2.05) is 17.2 Å². The van der Waals surface area contributed by atoms with Gasteiger partial charge in [-0.1, -0.05) is 0 Å². The van der Waals surface area contributed by atoms with Crippen LogP contribution in [0.4, 0.5) is 0 Å². The van der Waals surface area contributed by atoms with E-state index in [4.69, 9.17) is 4.98 Å². The van der Waals surface area contributed by atoms with E-state index in [0.717, 1.165) is 61.2 Å². The number of rotatable bonds is 4. The third-order valence-corrected chi connectivity index (χ3v) is 4.67. The van der Waals surface area contributed by atoms with Gasteiger partial charge in [0.2, 0.25) is 6.41 Å². The Bertz CT molecular complexity index is 800. The summed E-state index contributed by atoms with van der Waals surface area (Å²) in [4.78, 5) is 17.4. The second-order valence-corrected chi connectivity index (χ2v) is 6.14. The summed E-state index contributed by atoms with van der Waals surface area (Å²) < 4.78 is 2.28. The molecular weight excluding hydrogens is 290 g/mol. The molecule has 0 atom stereocenters. The normalized spacial score (nSPS) is 16.1. The van der Waals surface area contributed by atoms with Crippen molar-refractivity contribution in [2.24, 2.45) is 5.92 Å². The van der Waals surface area contributed by atoms with Gasteiger partial charge in [-0.05, 0) is 37.0 Å². The fourth-order valence-corrected chi connectivity index (χ4v) is 3.30. The Labute approximate surface area is 134 Å². The summed E-state index contributed by atoms with van der Waals surface area (Å²) in [5, 5.41) is 6.80. The van der Waals surface area contributed by atoms with Crippen LogP contribution in [-0.4, -0.2) is 44.1 Å². The molecule has 1 aliphatic rings. The zero-order chi connectivity index (χ0) is 15.6. The van der Waals surface area contributed by atoms with Gasteiger partial charge >= 0.3 is 0 Å². The number of aromatic amines is 1. The quantitative estimate of drug-likeness (QED) is 0.752. The number of aromatic nitrogens is 4. The molecule has 0 unspecified atom stereocenters. The summed E-state index contributed by atoms with van der Waals surface area (Å²) in [7, 11) is 0. The summed E-state index contributed by atoms with van der Waals surface area (Å²) >= 11 is 0. The largest absolute Gasteiger partial charge is 0.346 e. The van der Waals surface area contributed by atoms with Crippen molar-refractivity contribution in [3.63, 3.8) is 0 Å². The van der Waals surface area contributed by atoms with E-state index in [1.165, 1.54) is 0 Å². The summed E-state index contributed by atoms with van der Waals surface area (Å²) in [6.07, 6.45) is 8.85. The number of amides is 1. The van der Waals surface area contributed by atoms with Crippen LogP contribution in [0.2, 0.25) is 0 Å².